The first kappa shape index (κ1) is 9.31. The molecule has 9 heavy (non-hydrogen) atoms. The van der Waals surface area contributed by atoms with Crippen LogP contribution in [0.5, 0.6) is 0 Å². The highest BCUT2D eigenvalue weighted by atomic mass is 32.2. The molecule has 0 amide bonds. The Hall–Kier alpha value is 0.310. The maximum absolute atomic E-state index is 10.1. The minimum atomic E-state index is 0.0812. The summed E-state index contributed by atoms with van der Waals surface area (Å²) in [5.41, 5.74) is 0. The molecule has 0 saturated heterocycles. The van der Waals surface area contributed by atoms with Crippen LogP contribution in [0, 0.1) is 0 Å². The summed E-state index contributed by atoms with van der Waals surface area (Å²) in [7, 11) is 0. The molecule has 1 nitrogen and oxygen atoms in total. The monoisotopic (exact) mass is 147 g/mol. The molecule has 0 bridgehead atoms. The van der Waals surface area contributed by atoms with Crippen molar-refractivity contribution >= 4 is 11.8 Å². The van der Waals surface area contributed by atoms with Gasteiger partial charge in [0, 0.05) is 5.25 Å². The Morgan fingerprint density at radius 3 is 2.67 bits per heavy atom. The van der Waals surface area contributed by atoms with Crippen molar-refractivity contribution in [3.05, 3.63) is 0 Å². The van der Waals surface area contributed by atoms with Gasteiger partial charge in [0.15, 0.2) is 0 Å². The van der Waals surface area contributed by atoms with Crippen molar-refractivity contribution in [3.8, 4) is 0 Å². The van der Waals surface area contributed by atoms with Crippen LogP contribution in [-0.2, 0) is 5.11 Å². The molecular weight excluding hydrogens is 132 g/mol. The first-order chi connectivity index (χ1) is 4.31. The van der Waals surface area contributed by atoms with Crippen LogP contribution in [-0.4, -0.2) is 17.6 Å². The molecule has 0 aromatic rings. The van der Waals surface area contributed by atoms with E-state index in [0.29, 0.717) is 5.25 Å². The first-order valence-electron chi connectivity index (χ1n) is 3.51. The van der Waals surface area contributed by atoms with E-state index < -0.39 is 0 Å². The molecule has 0 saturated carbocycles. The predicted octanol–water partition coefficient (Wildman–Crippen LogP) is 2.34. The van der Waals surface area contributed by atoms with E-state index in [9.17, 15) is 5.11 Å². The van der Waals surface area contributed by atoms with Gasteiger partial charge in [0.2, 0.25) is 0 Å². The average Bonchev–Trinajstić information content (AvgIpc) is 1.85. The summed E-state index contributed by atoms with van der Waals surface area (Å²) in [5.74, 6) is 1.20. The second kappa shape index (κ2) is 6.43. The highest BCUT2D eigenvalue weighted by molar-refractivity contribution is 7.99. The molecule has 0 rings (SSSR count). The van der Waals surface area contributed by atoms with Crippen molar-refractivity contribution in [2.45, 2.75) is 31.9 Å². The first-order valence-corrected chi connectivity index (χ1v) is 4.55. The van der Waals surface area contributed by atoms with Gasteiger partial charge in [0.25, 0.3) is 0 Å². The van der Waals surface area contributed by atoms with Crippen LogP contribution < -0.4 is 0 Å². The van der Waals surface area contributed by atoms with E-state index in [2.05, 4.69) is 13.8 Å². The summed E-state index contributed by atoms with van der Waals surface area (Å²) in [5, 5.41) is 10.7. The van der Waals surface area contributed by atoms with Gasteiger partial charge in [0.05, 0.1) is 6.61 Å². The minimum Gasteiger partial charge on any atom is -0.237 e. The maximum Gasteiger partial charge on any atom is 0.0832 e. The molecule has 2 heteroatoms. The van der Waals surface area contributed by atoms with E-state index in [1.54, 1.807) is 0 Å². The molecular formula is C7H15OS. The van der Waals surface area contributed by atoms with E-state index in [1.165, 1.54) is 12.2 Å². The van der Waals surface area contributed by atoms with Crippen LogP contribution in [0.15, 0.2) is 0 Å². The molecule has 0 aliphatic rings. The second-order valence-electron chi connectivity index (χ2n) is 2.17. The zero-order valence-corrected chi connectivity index (χ0v) is 7.04. The van der Waals surface area contributed by atoms with Gasteiger partial charge in [-0.3, -0.25) is 0 Å². The van der Waals surface area contributed by atoms with Gasteiger partial charge in [0.1, 0.15) is 0 Å². The zero-order chi connectivity index (χ0) is 7.11. The lowest BCUT2D eigenvalue weighted by molar-refractivity contribution is 0.189. The van der Waals surface area contributed by atoms with Gasteiger partial charge < -0.3 is 0 Å². The highest BCUT2D eigenvalue weighted by Crippen LogP contribution is 2.13. The molecule has 0 aromatic heterocycles. The fourth-order valence-electron chi connectivity index (χ4n) is 0.568. The smallest absolute Gasteiger partial charge is 0.0832 e. The molecule has 0 fully saturated rings. The van der Waals surface area contributed by atoms with E-state index in [1.807, 2.05) is 11.8 Å². The molecule has 0 N–H and O–H groups in total. The molecule has 1 radical (unpaired) electrons. The van der Waals surface area contributed by atoms with E-state index in [0.717, 1.165) is 6.42 Å². The van der Waals surface area contributed by atoms with Crippen LogP contribution in [0.1, 0.15) is 26.7 Å². The van der Waals surface area contributed by atoms with Crippen molar-refractivity contribution in [2.24, 2.45) is 0 Å². The lowest BCUT2D eigenvalue weighted by Gasteiger charge is -2.05. The normalized spacial score (nSPS) is 13.7. The third kappa shape index (κ3) is 6.19. The quantitative estimate of drug-likeness (QED) is 0.584. The second-order valence-corrected chi connectivity index (χ2v) is 3.72. The summed E-state index contributed by atoms with van der Waals surface area (Å²) >= 11 is 1.90. The largest absolute Gasteiger partial charge is 0.237 e. The van der Waals surface area contributed by atoms with Gasteiger partial charge >= 0.3 is 0 Å². The lowest BCUT2D eigenvalue weighted by Crippen LogP contribution is -1.99. The highest BCUT2D eigenvalue weighted by Gasteiger charge is 1.99. The molecule has 55 valence electrons. The Kier molecular flexibility index (Phi) is 6.65. The Morgan fingerprint density at radius 1 is 1.56 bits per heavy atom. The van der Waals surface area contributed by atoms with Crippen molar-refractivity contribution < 1.29 is 5.11 Å². The van der Waals surface area contributed by atoms with Crippen molar-refractivity contribution in [3.63, 3.8) is 0 Å². The molecule has 0 aliphatic carbocycles. The topological polar surface area (TPSA) is 19.9 Å². The van der Waals surface area contributed by atoms with Crippen molar-refractivity contribution in [1.29, 1.82) is 0 Å². The Morgan fingerprint density at radius 2 is 2.22 bits per heavy atom. The summed E-state index contributed by atoms with van der Waals surface area (Å²) in [6, 6.07) is 0. The Bertz CT molecular complexity index is 56.9. The third-order valence-electron chi connectivity index (χ3n) is 1.13. The summed E-state index contributed by atoms with van der Waals surface area (Å²) in [4.78, 5) is 0. The van der Waals surface area contributed by atoms with Crippen LogP contribution in [0.4, 0.5) is 0 Å². The van der Waals surface area contributed by atoms with Crippen LogP contribution in [0.2, 0.25) is 0 Å². The fourth-order valence-corrected chi connectivity index (χ4v) is 1.47. The SMILES string of the molecule is CCCSC(C)CC[O]. The molecule has 1 unspecified atom stereocenters. The molecule has 1 atom stereocenters. The lowest BCUT2D eigenvalue weighted by atomic mass is 10.3. The maximum atomic E-state index is 10.1. The number of hydrogen-bond acceptors (Lipinski definition) is 1. The number of thioether (sulfide) groups is 1. The predicted molar refractivity (Wildman–Crippen MR) is 42.4 cm³/mol. The number of rotatable bonds is 5. The van der Waals surface area contributed by atoms with E-state index in [4.69, 9.17) is 0 Å². The van der Waals surface area contributed by atoms with Crippen molar-refractivity contribution in [1.82, 2.24) is 0 Å². The molecule has 0 heterocycles. The summed E-state index contributed by atoms with van der Waals surface area (Å²) in [6.45, 7) is 4.37. The average molecular weight is 147 g/mol. The standard InChI is InChI=1S/C7H15OS/c1-3-6-9-7(2)4-5-8/h7H,3-6H2,1-2H3. The van der Waals surface area contributed by atoms with Crippen LogP contribution >= 0.6 is 11.8 Å². The number of hydrogen-bond donors (Lipinski definition) is 0. The van der Waals surface area contributed by atoms with Crippen LogP contribution in [0.25, 0.3) is 0 Å². The van der Waals surface area contributed by atoms with Gasteiger partial charge in [-0.05, 0) is 18.6 Å². The third-order valence-corrected chi connectivity index (χ3v) is 2.58. The van der Waals surface area contributed by atoms with E-state index in [-0.39, 0.29) is 6.61 Å². The molecule has 0 aliphatic heterocycles. The van der Waals surface area contributed by atoms with Gasteiger partial charge in [-0.25, -0.2) is 5.11 Å². The van der Waals surface area contributed by atoms with Gasteiger partial charge in [-0.15, -0.1) is 0 Å². The van der Waals surface area contributed by atoms with Crippen molar-refractivity contribution in [2.75, 3.05) is 12.4 Å². The van der Waals surface area contributed by atoms with E-state index >= 15 is 0 Å². The molecule has 0 aromatic carbocycles. The minimum absolute atomic E-state index is 0.0812. The Balaban J connectivity index is 2.95. The molecule has 0 spiro atoms. The summed E-state index contributed by atoms with van der Waals surface area (Å²) < 4.78 is 0. The van der Waals surface area contributed by atoms with Crippen LogP contribution in [0.3, 0.4) is 0 Å². The fraction of sp³-hybridized carbons (Fsp3) is 1.00. The van der Waals surface area contributed by atoms with Gasteiger partial charge in [-0.2, -0.15) is 11.8 Å². The zero-order valence-electron chi connectivity index (χ0n) is 6.22. The summed E-state index contributed by atoms with van der Waals surface area (Å²) in [6.07, 6.45) is 2.04. The Labute approximate surface area is 61.8 Å². The van der Waals surface area contributed by atoms with Gasteiger partial charge in [-0.1, -0.05) is 13.8 Å².